The SMILES string of the molecule is CC(=O)OCc1ccc(I)c(C(=O)O)n1. The summed E-state index contributed by atoms with van der Waals surface area (Å²) >= 11 is 1.88. The summed E-state index contributed by atoms with van der Waals surface area (Å²) in [5, 5.41) is 8.79. The number of rotatable bonds is 3. The minimum absolute atomic E-state index is 0.00741. The molecule has 0 amide bonds. The van der Waals surface area contributed by atoms with E-state index >= 15 is 0 Å². The number of carboxylic acids is 1. The second-order valence-corrected chi connectivity index (χ2v) is 3.88. The van der Waals surface area contributed by atoms with Crippen LogP contribution in [0.2, 0.25) is 0 Å². The average molecular weight is 321 g/mol. The van der Waals surface area contributed by atoms with Gasteiger partial charge in [-0.2, -0.15) is 0 Å². The van der Waals surface area contributed by atoms with Crippen molar-refractivity contribution in [3.8, 4) is 0 Å². The molecule has 0 aliphatic carbocycles. The molecule has 1 rings (SSSR count). The molecule has 1 aromatic heterocycles. The summed E-state index contributed by atoms with van der Waals surface area (Å²) < 4.78 is 5.25. The number of hydrogen-bond acceptors (Lipinski definition) is 4. The standard InChI is InChI=1S/C9H8INO4/c1-5(12)15-4-6-2-3-7(10)8(11-6)9(13)14/h2-3H,4H2,1H3,(H,13,14). The average Bonchev–Trinajstić information content (AvgIpc) is 2.16. The van der Waals surface area contributed by atoms with Gasteiger partial charge < -0.3 is 9.84 Å². The number of halogens is 1. The second kappa shape index (κ2) is 5.06. The van der Waals surface area contributed by atoms with E-state index in [4.69, 9.17) is 9.84 Å². The molecule has 0 fully saturated rings. The molecule has 1 heterocycles. The van der Waals surface area contributed by atoms with Gasteiger partial charge in [0.1, 0.15) is 6.61 Å². The largest absolute Gasteiger partial charge is 0.476 e. The number of carbonyl (C=O) groups excluding carboxylic acids is 1. The molecule has 80 valence electrons. The first-order valence-corrected chi connectivity index (χ1v) is 5.10. The predicted molar refractivity (Wildman–Crippen MR) is 59.4 cm³/mol. The molecule has 5 nitrogen and oxygen atoms in total. The molecule has 0 bridgehead atoms. The van der Waals surface area contributed by atoms with Crippen molar-refractivity contribution in [3.63, 3.8) is 0 Å². The number of aromatic nitrogens is 1. The van der Waals surface area contributed by atoms with Crippen LogP contribution in [0.25, 0.3) is 0 Å². The number of aromatic carboxylic acids is 1. The second-order valence-electron chi connectivity index (χ2n) is 2.72. The van der Waals surface area contributed by atoms with Gasteiger partial charge in [-0.25, -0.2) is 9.78 Å². The molecule has 0 spiro atoms. The van der Waals surface area contributed by atoms with Crippen molar-refractivity contribution in [1.29, 1.82) is 0 Å². The summed E-state index contributed by atoms with van der Waals surface area (Å²) in [5.41, 5.74) is 0.392. The highest BCUT2D eigenvalue weighted by Gasteiger charge is 2.11. The van der Waals surface area contributed by atoms with Gasteiger partial charge >= 0.3 is 11.9 Å². The van der Waals surface area contributed by atoms with Crippen LogP contribution in [0.5, 0.6) is 0 Å². The van der Waals surface area contributed by atoms with Crippen molar-refractivity contribution in [2.75, 3.05) is 0 Å². The van der Waals surface area contributed by atoms with Crippen LogP contribution in [-0.4, -0.2) is 22.0 Å². The number of ether oxygens (including phenoxy) is 1. The van der Waals surface area contributed by atoms with Crippen LogP contribution in [0.4, 0.5) is 0 Å². The molecule has 1 aromatic rings. The van der Waals surface area contributed by atoms with Crippen LogP contribution in [-0.2, 0) is 16.1 Å². The maximum atomic E-state index is 10.7. The highest BCUT2D eigenvalue weighted by atomic mass is 127. The molecule has 0 radical (unpaired) electrons. The quantitative estimate of drug-likeness (QED) is 0.673. The van der Waals surface area contributed by atoms with Gasteiger partial charge in [0.2, 0.25) is 0 Å². The van der Waals surface area contributed by atoms with E-state index in [1.54, 1.807) is 12.1 Å². The molecule has 6 heteroatoms. The smallest absolute Gasteiger partial charge is 0.355 e. The van der Waals surface area contributed by atoms with Gasteiger partial charge in [-0.05, 0) is 34.7 Å². The monoisotopic (exact) mass is 321 g/mol. The fraction of sp³-hybridized carbons (Fsp3) is 0.222. The molecule has 0 saturated heterocycles. The van der Waals surface area contributed by atoms with Gasteiger partial charge in [-0.3, -0.25) is 4.79 Å². The van der Waals surface area contributed by atoms with Gasteiger partial charge in [-0.15, -0.1) is 0 Å². The van der Waals surface area contributed by atoms with E-state index in [0.29, 0.717) is 9.26 Å². The first-order valence-electron chi connectivity index (χ1n) is 4.03. The van der Waals surface area contributed by atoms with Crippen molar-refractivity contribution in [2.24, 2.45) is 0 Å². The summed E-state index contributed by atoms with van der Waals surface area (Å²) in [6.07, 6.45) is 0. The third-order valence-electron chi connectivity index (χ3n) is 1.53. The van der Waals surface area contributed by atoms with E-state index in [1.807, 2.05) is 22.6 Å². The lowest BCUT2D eigenvalue weighted by Crippen LogP contribution is -2.07. The van der Waals surface area contributed by atoms with Crippen LogP contribution in [0.15, 0.2) is 12.1 Å². The molecule has 0 saturated carbocycles. The summed E-state index contributed by atoms with van der Waals surface area (Å²) in [6, 6.07) is 3.24. The fourth-order valence-corrected chi connectivity index (χ4v) is 1.42. The number of carboxylic acid groups (broad SMARTS) is 1. The van der Waals surface area contributed by atoms with E-state index in [9.17, 15) is 9.59 Å². The first kappa shape index (κ1) is 11.9. The number of esters is 1. The summed E-state index contributed by atoms with van der Waals surface area (Å²) in [5.74, 6) is -1.52. The molecule has 0 unspecified atom stereocenters. The zero-order valence-electron chi connectivity index (χ0n) is 7.86. The van der Waals surface area contributed by atoms with Crippen LogP contribution in [0, 0.1) is 3.57 Å². The van der Waals surface area contributed by atoms with Gasteiger partial charge in [-0.1, -0.05) is 0 Å². The Hall–Kier alpha value is -1.18. The normalized spacial score (nSPS) is 9.73. The molecule has 15 heavy (non-hydrogen) atoms. The minimum Gasteiger partial charge on any atom is -0.476 e. The number of carbonyl (C=O) groups is 2. The van der Waals surface area contributed by atoms with Crippen molar-refractivity contribution < 1.29 is 19.4 Å². The van der Waals surface area contributed by atoms with E-state index < -0.39 is 11.9 Å². The minimum atomic E-state index is -1.09. The van der Waals surface area contributed by atoms with Crippen LogP contribution in [0.3, 0.4) is 0 Å². The molecule has 1 N–H and O–H groups in total. The lowest BCUT2D eigenvalue weighted by molar-refractivity contribution is -0.142. The van der Waals surface area contributed by atoms with Crippen LogP contribution >= 0.6 is 22.6 Å². The third-order valence-corrected chi connectivity index (χ3v) is 2.40. The fourth-order valence-electron chi connectivity index (χ4n) is 0.889. The third kappa shape index (κ3) is 3.46. The van der Waals surface area contributed by atoms with Crippen molar-refractivity contribution in [1.82, 2.24) is 4.98 Å². The highest BCUT2D eigenvalue weighted by molar-refractivity contribution is 14.1. The van der Waals surface area contributed by atoms with E-state index in [0.717, 1.165) is 0 Å². The Balaban J connectivity index is 2.87. The lowest BCUT2D eigenvalue weighted by atomic mass is 10.3. The Kier molecular flexibility index (Phi) is 4.01. The Morgan fingerprint density at radius 2 is 2.20 bits per heavy atom. The van der Waals surface area contributed by atoms with Gasteiger partial charge in [0.25, 0.3) is 0 Å². The van der Waals surface area contributed by atoms with Crippen molar-refractivity contribution in [3.05, 3.63) is 27.1 Å². The van der Waals surface area contributed by atoms with E-state index in [2.05, 4.69) is 4.98 Å². The molecule has 0 aromatic carbocycles. The molecular weight excluding hydrogens is 313 g/mol. The van der Waals surface area contributed by atoms with Gasteiger partial charge in [0.15, 0.2) is 5.69 Å². The number of hydrogen-bond donors (Lipinski definition) is 1. The maximum absolute atomic E-state index is 10.7. The summed E-state index contributed by atoms with van der Waals surface area (Å²) in [4.78, 5) is 25.1. The molecule has 0 aliphatic heterocycles. The van der Waals surface area contributed by atoms with Crippen LogP contribution < -0.4 is 0 Å². The van der Waals surface area contributed by atoms with Gasteiger partial charge in [0.05, 0.1) is 5.69 Å². The van der Waals surface area contributed by atoms with Crippen LogP contribution in [0.1, 0.15) is 23.1 Å². The molecule has 0 aliphatic rings. The zero-order chi connectivity index (χ0) is 11.4. The van der Waals surface area contributed by atoms with E-state index in [1.165, 1.54) is 6.92 Å². The Bertz CT molecular complexity index is 405. The van der Waals surface area contributed by atoms with Crippen molar-refractivity contribution in [2.45, 2.75) is 13.5 Å². The summed E-state index contributed by atoms with van der Waals surface area (Å²) in [6.45, 7) is 1.28. The molecular formula is C9H8INO4. The maximum Gasteiger partial charge on any atom is 0.355 e. The summed E-state index contributed by atoms with van der Waals surface area (Å²) in [7, 11) is 0. The number of pyridine rings is 1. The molecule has 0 atom stereocenters. The Morgan fingerprint density at radius 1 is 1.53 bits per heavy atom. The topological polar surface area (TPSA) is 76.5 Å². The number of nitrogens with zero attached hydrogens (tertiary/aromatic N) is 1. The first-order chi connectivity index (χ1) is 7.00. The van der Waals surface area contributed by atoms with Crippen molar-refractivity contribution >= 4 is 34.5 Å². The lowest BCUT2D eigenvalue weighted by Gasteiger charge is -2.03. The Labute approximate surface area is 99.6 Å². The highest BCUT2D eigenvalue weighted by Crippen LogP contribution is 2.11. The predicted octanol–water partition coefficient (Wildman–Crippen LogP) is 1.45. The Morgan fingerprint density at radius 3 is 2.73 bits per heavy atom. The van der Waals surface area contributed by atoms with Gasteiger partial charge in [0, 0.05) is 10.5 Å². The van der Waals surface area contributed by atoms with E-state index in [-0.39, 0.29) is 12.3 Å². The zero-order valence-corrected chi connectivity index (χ0v) is 10.0.